The van der Waals surface area contributed by atoms with Crippen LogP contribution >= 0.6 is 0 Å². The fourth-order valence-electron chi connectivity index (χ4n) is 10.3. The zero-order valence-corrected chi connectivity index (χ0v) is 27.4. The molecule has 8 bridgehead atoms. The maximum Gasteiger partial charge on any atom is 0.465 e. The Labute approximate surface area is 280 Å². The van der Waals surface area contributed by atoms with Crippen molar-refractivity contribution in [1.29, 1.82) is 0 Å². The summed E-state index contributed by atoms with van der Waals surface area (Å²) in [5, 5.41) is 16.2. The van der Waals surface area contributed by atoms with Gasteiger partial charge < -0.3 is 33.9 Å². The number of aliphatic hydroxyl groups is 2. The maximum atomic E-state index is 13.9. The van der Waals surface area contributed by atoms with Crippen LogP contribution in [0.1, 0.15) is 89.9 Å². The fourth-order valence-corrected chi connectivity index (χ4v) is 10.5. The van der Waals surface area contributed by atoms with E-state index in [0.717, 1.165) is 12.8 Å². The van der Waals surface area contributed by atoms with Gasteiger partial charge in [-0.25, -0.2) is 19.2 Å². The number of halogens is 2. The zero-order chi connectivity index (χ0) is 35.6. The van der Waals surface area contributed by atoms with Gasteiger partial charge in [0.05, 0.1) is 11.2 Å². The number of hydrogen-bond acceptors (Lipinski definition) is 14. The summed E-state index contributed by atoms with van der Waals surface area (Å²) >= 11 is 0. The molecule has 5 unspecified atom stereocenters. The Hall–Kier alpha value is -2.96. The van der Waals surface area contributed by atoms with Crippen LogP contribution < -0.4 is 0 Å². The topological polar surface area (TPSA) is 226 Å². The molecular weight excluding hydrogens is 682 g/mol. The van der Waals surface area contributed by atoms with Crippen molar-refractivity contribution in [3.05, 3.63) is 0 Å². The molecular formula is C31H40F2O15S. The molecule has 8 aliphatic carbocycles. The Kier molecular flexibility index (Phi) is 9.05. The van der Waals surface area contributed by atoms with E-state index in [1.54, 1.807) is 0 Å². The normalized spacial score (nSPS) is 37.7. The smallest absolute Gasteiger partial charge is 0.456 e. The highest BCUT2D eigenvalue weighted by Crippen LogP contribution is 2.60. The minimum atomic E-state index is -6.32. The third kappa shape index (κ3) is 7.56. The molecule has 3 N–H and O–H groups in total. The van der Waals surface area contributed by atoms with Gasteiger partial charge in [-0.3, -0.25) is 9.35 Å². The predicted molar refractivity (Wildman–Crippen MR) is 154 cm³/mol. The first-order valence-corrected chi connectivity index (χ1v) is 17.9. The molecule has 15 nitrogen and oxygen atoms in total. The van der Waals surface area contributed by atoms with Crippen LogP contribution in [0.15, 0.2) is 0 Å². The molecule has 0 amide bonds. The number of rotatable bonds is 13. The second-order valence-electron chi connectivity index (χ2n) is 15.4. The van der Waals surface area contributed by atoms with Crippen molar-refractivity contribution in [2.45, 2.75) is 124 Å². The molecule has 0 saturated heterocycles. The zero-order valence-electron chi connectivity index (χ0n) is 26.6. The highest BCUT2D eigenvalue weighted by molar-refractivity contribution is 7.87. The minimum absolute atomic E-state index is 0.154. The Morgan fingerprint density at radius 2 is 1.14 bits per heavy atom. The lowest BCUT2D eigenvalue weighted by Gasteiger charge is -2.59. The molecule has 0 aromatic rings. The Morgan fingerprint density at radius 3 is 1.55 bits per heavy atom. The highest BCUT2D eigenvalue weighted by atomic mass is 32.2. The first-order valence-electron chi connectivity index (χ1n) is 16.5. The molecule has 0 aliphatic heterocycles. The van der Waals surface area contributed by atoms with Crippen LogP contribution in [0.5, 0.6) is 0 Å². The van der Waals surface area contributed by atoms with Crippen molar-refractivity contribution in [1.82, 2.24) is 0 Å². The van der Waals surface area contributed by atoms with Gasteiger partial charge in [-0.15, -0.1) is 0 Å². The number of alkyl halides is 2. The molecule has 0 spiro atoms. The lowest BCUT2D eigenvalue weighted by atomic mass is 9.52. The largest absolute Gasteiger partial charge is 0.465 e. The summed E-state index contributed by atoms with van der Waals surface area (Å²) in [6.45, 7) is -1.92. The molecule has 274 valence electrons. The molecule has 49 heavy (non-hydrogen) atoms. The Balaban J connectivity index is 1.02. The van der Waals surface area contributed by atoms with E-state index in [-0.39, 0.29) is 36.5 Å². The average Bonchev–Trinajstić information content (AvgIpc) is 2.93. The molecule has 5 atom stereocenters. The van der Waals surface area contributed by atoms with Gasteiger partial charge in [0.1, 0.15) is 11.2 Å². The predicted octanol–water partition coefficient (Wildman–Crippen LogP) is 1.50. The van der Waals surface area contributed by atoms with Gasteiger partial charge in [-0.1, -0.05) is 0 Å². The molecule has 18 heteroatoms. The van der Waals surface area contributed by atoms with Crippen molar-refractivity contribution in [3.8, 4) is 0 Å². The quantitative estimate of drug-likeness (QED) is 0.139. The van der Waals surface area contributed by atoms with E-state index in [4.69, 9.17) is 23.5 Å². The summed E-state index contributed by atoms with van der Waals surface area (Å²) in [6, 6.07) is 0. The van der Waals surface area contributed by atoms with E-state index >= 15 is 0 Å². The molecule has 0 aromatic heterocycles. The number of carbonyl (C=O) groups excluding carboxylic acids is 5. The van der Waals surface area contributed by atoms with Gasteiger partial charge in [0.2, 0.25) is 0 Å². The standard InChI is InChI=1S/C31H40F2O15S/c32-31(33,49(41,42)43)26(38)46-21(25(37)45-14-24(36)48-30-11-19-4-20(12-30)8-28(40,7-19)16-30)1-2-22(34)44-13-23(35)47-29-9-17-3-18(10-29)6-27(39,5-17)15-29/h17-21,39-40H,1-16H2,(H,41,42,43). The third-order valence-corrected chi connectivity index (χ3v) is 11.8. The monoisotopic (exact) mass is 722 g/mol. The van der Waals surface area contributed by atoms with Crippen LogP contribution in [-0.2, 0) is 57.8 Å². The van der Waals surface area contributed by atoms with E-state index in [0.29, 0.717) is 51.4 Å². The average molecular weight is 723 g/mol. The first-order chi connectivity index (χ1) is 22.7. The second kappa shape index (κ2) is 12.4. The summed E-state index contributed by atoms with van der Waals surface area (Å²) in [7, 11) is -6.32. The van der Waals surface area contributed by atoms with Crippen molar-refractivity contribution in [2.24, 2.45) is 23.7 Å². The maximum absolute atomic E-state index is 13.9. The van der Waals surface area contributed by atoms with Gasteiger partial charge in [-0.05, 0) is 87.9 Å². The molecule has 8 saturated carbocycles. The summed E-state index contributed by atoms with van der Waals surface area (Å²) in [5.41, 5.74) is -3.73. The summed E-state index contributed by atoms with van der Waals surface area (Å²) in [6.07, 6.45) is 2.82. The lowest BCUT2D eigenvalue weighted by molar-refractivity contribution is -0.223. The van der Waals surface area contributed by atoms with E-state index in [1.807, 2.05) is 0 Å². The Morgan fingerprint density at radius 1 is 0.714 bits per heavy atom. The molecule has 0 aromatic carbocycles. The fraction of sp³-hybridized carbons (Fsp3) is 0.839. The summed E-state index contributed by atoms with van der Waals surface area (Å²) < 4.78 is 84.0. The summed E-state index contributed by atoms with van der Waals surface area (Å²) in [4.78, 5) is 62.4. The van der Waals surface area contributed by atoms with Crippen LogP contribution in [0.4, 0.5) is 8.78 Å². The number of hydrogen-bond donors (Lipinski definition) is 3. The van der Waals surface area contributed by atoms with E-state index in [1.165, 1.54) is 0 Å². The van der Waals surface area contributed by atoms with Crippen LogP contribution in [0.25, 0.3) is 0 Å². The van der Waals surface area contributed by atoms with Gasteiger partial charge in [-0.2, -0.15) is 17.2 Å². The Bertz CT molecular complexity index is 1480. The molecule has 8 aliphatic rings. The SMILES string of the molecule is O=C(CCC(OC(=O)C(F)(F)S(=O)(=O)O)C(=O)OCC(=O)OC12CC3CC(CC(O)(C3)C1)C2)OCC(=O)OC12CC3CC(CC(O)(C3)C1)C2. The summed E-state index contributed by atoms with van der Waals surface area (Å²) in [5.74, 6) is -6.82. The van der Waals surface area contributed by atoms with E-state index in [2.05, 4.69) is 4.74 Å². The van der Waals surface area contributed by atoms with Gasteiger partial charge in [0.15, 0.2) is 19.3 Å². The molecule has 8 rings (SSSR count). The molecule has 0 heterocycles. The molecule has 0 radical (unpaired) electrons. The van der Waals surface area contributed by atoms with Crippen LogP contribution in [0.2, 0.25) is 0 Å². The lowest BCUT2D eigenvalue weighted by Crippen LogP contribution is -2.60. The van der Waals surface area contributed by atoms with E-state index < -0.39 is 99.8 Å². The van der Waals surface area contributed by atoms with Crippen LogP contribution in [0, 0.1) is 23.7 Å². The minimum Gasteiger partial charge on any atom is -0.456 e. The first kappa shape index (κ1) is 35.9. The van der Waals surface area contributed by atoms with Crippen molar-refractivity contribution < 1.29 is 79.6 Å². The van der Waals surface area contributed by atoms with Gasteiger partial charge in [0, 0.05) is 25.7 Å². The molecule has 8 fully saturated rings. The van der Waals surface area contributed by atoms with Crippen molar-refractivity contribution in [3.63, 3.8) is 0 Å². The highest BCUT2D eigenvalue weighted by Gasteiger charge is 2.61. The van der Waals surface area contributed by atoms with Gasteiger partial charge in [0.25, 0.3) is 0 Å². The van der Waals surface area contributed by atoms with Gasteiger partial charge >= 0.3 is 45.2 Å². The third-order valence-electron chi connectivity index (χ3n) is 11.0. The number of esters is 5. The van der Waals surface area contributed by atoms with Crippen molar-refractivity contribution >= 4 is 40.0 Å². The second-order valence-corrected chi connectivity index (χ2v) is 16.8. The number of ether oxygens (including phenoxy) is 5. The number of carbonyl (C=O) groups is 5. The van der Waals surface area contributed by atoms with Crippen LogP contribution in [-0.4, -0.2) is 100 Å². The van der Waals surface area contributed by atoms with Crippen molar-refractivity contribution in [2.75, 3.05) is 13.2 Å². The van der Waals surface area contributed by atoms with Crippen LogP contribution in [0.3, 0.4) is 0 Å². The van der Waals surface area contributed by atoms with E-state index in [9.17, 15) is 51.4 Å².